The molecule has 4 heterocycles. The first kappa shape index (κ1) is 26.4. The van der Waals surface area contributed by atoms with E-state index in [-0.39, 0.29) is 5.02 Å². The normalized spacial score (nSPS) is 18.2. The number of benzene rings is 1. The Balaban J connectivity index is 1.39. The lowest BCUT2D eigenvalue weighted by atomic mass is 10.1. The fourth-order valence-corrected chi connectivity index (χ4v) is 5.78. The van der Waals surface area contributed by atoms with Gasteiger partial charge in [0.15, 0.2) is 0 Å². The zero-order chi connectivity index (χ0) is 27.0. The fraction of sp³-hybridized carbons (Fsp3) is 0.423. The van der Waals surface area contributed by atoms with Crippen molar-refractivity contribution in [3.8, 4) is 11.3 Å². The van der Waals surface area contributed by atoms with Gasteiger partial charge in [-0.1, -0.05) is 11.6 Å². The summed E-state index contributed by atoms with van der Waals surface area (Å²) in [6, 6.07) is 8.75. The fourth-order valence-electron chi connectivity index (χ4n) is 5.06. The predicted molar refractivity (Wildman–Crippen MR) is 150 cm³/mol. The van der Waals surface area contributed by atoms with E-state index in [0.717, 1.165) is 74.6 Å². The van der Waals surface area contributed by atoms with Crippen LogP contribution in [0.4, 0.5) is 27.7 Å². The third-order valence-electron chi connectivity index (χ3n) is 6.98. The van der Waals surface area contributed by atoms with Gasteiger partial charge in [0, 0.05) is 50.4 Å². The molecule has 0 spiro atoms. The lowest BCUT2D eigenvalue weighted by molar-refractivity contribution is 0.606. The van der Waals surface area contributed by atoms with Gasteiger partial charge >= 0.3 is 0 Å². The quantitative estimate of drug-likeness (QED) is 0.477. The SMILES string of the molecule is Cc1cc(NS(C)(=O)=O)cnc1N1CCN(c2cc(-c3ccc(F)c(Cl)c3)nc(N3CCCC3C)n2)CC1. The summed E-state index contributed by atoms with van der Waals surface area (Å²) in [5.41, 5.74) is 2.80. The third-order valence-corrected chi connectivity index (χ3v) is 7.88. The molecule has 12 heteroatoms. The van der Waals surface area contributed by atoms with Gasteiger partial charge in [0.2, 0.25) is 16.0 Å². The van der Waals surface area contributed by atoms with Crippen LogP contribution in [-0.2, 0) is 10.0 Å². The minimum Gasteiger partial charge on any atom is -0.353 e. The van der Waals surface area contributed by atoms with E-state index < -0.39 is 15.8 Å². The van der Waals surface area contributed by atoms with Crippen molar-refractivity contribution in [3.05, 3.63) is 52.9 Å². The van der Waals surface area contributed by atoms with Crippen molar-refractivity contribution >= 4 is 44.9 Å². The Hall–Kier alpha value is -3.18. The molecule has 0 radical (unpaired) electrons. The summed E-state index contributed by atoms with van der Waals surface area (Å²) in [6.07, 6.45) is 4.85. The van der Waals surface area contributed by atoms with Crippen LogP contribution in [0.25, 0.3) is 11.3 Å². The summed E-state index contributed by atoms with van der Waals surface area (Å²) in [5.74, 6) is 1.87. The van der Waals surface area contributed by atoms with Gasteiger partial charge in [-0.15, -0.1) is 0 Å². The lowest BCUT2D eigenvalue weighted by Gasteiger charge is -2.37. The molecule has 2 aliphatic rings. The van der Waals surface area contributed by atoms with Crippen molar-refractivity contribution in [2.24, 2.45) is 0 Å². The molecule has 2 aliphatic heterocycles. The molecule has 1 unspecified atom stereocenters. The molecule has 2 fully saturated rings. The molecule has 0 bridgehead atoms. The Morgan fingerprint density at radius 2 is 1.79 bits per heavy atom. The molecular formula is C26H31ClFN7O2S. The standard InChI is InChI=1S/C26H31ClFN7O2S/c1-17-13-20(32-38(3,36)37)16-29-25(17)34-11-9-33(10-12-34)24-15-23(19-6-7-22(28)21(27)14-19)30-26(31-24)35-8-4-5-18(35)2/h6-7,13-16,18,32H,4-5,8-12H2,1-3H3. The molecular weight excluding hydrogens is 529 g/mol. The molecule has 2 saturated heterocycles. The maximum absolute atomic E-state index is 13.8. The minimum absolute atomic E-state index is 0.0630. The van der Waals surface area contributed by atoms with E-state index in [9.17, 15) is 12.8 Å². The monoisotopic (exact) mass is 559 g/mol. The summed E-state index contributed by atoms with van der Waals surface area (Å²) < 4.78 is 39.4. The van der Waals surface area contributed by atoms with Gasteiger partial charge in [0.1, 0.15) is 17.5 Å². The van der Waals surface area contributed by atoms with Crippen LogP contribution in [-0.4, -0.2) is 68.4 Å². The highest BCUT2D eigenvalue weighted by atomic mass is 35.5. The number of pyridine rings is 1. The average molecular weight is 560 g/mol. The second-order valence-corrected chi connectivity index (χ2v) is 12.1. The molecule has 1 atom stereocenters. The number of aromatic nitrogens is 3. The largest absolute Gasteiger partial charge is 0.353 e. The Morgan fingerprint density at radius 3 is 2.42 bits per heavy atom. The Morgan fingerprint density at radius 1 is 1.05 bits per heavy atom. The van der Waals surface area contributed by atoms with Gasteiger partial charge in [-0.2, -0.15) is 4.98 Å². The molecule has 2 aromatic heterocycles. The number of anilines is 4. The Kier molecular flexibility index (Phi) is 7.32. The van der Waals surface area contributed by atoms with Gasteiger partial charge in [-0.3, -0.25) is 4.72 Å². The van der Waals surface area contributed by atoms with Crippen LogP contribution in [0.5, 0.6) is 0 Å². The van der Waals surface area contributed by atoms with Crippen molar-refractivity contribution in [1.29, 1.82) is 0 Å². The predicted octanol–water partition coefficient (Wildman–Crippen LogP) is 4.33. The van der Waals surface area contributed by atoms with Crippen molar-refractivity contribution < 1.29 is 12.8 Å². The number of halogens is 2. The van der Waals surface area contributed by atoms with E-state index in [0.29, 0.717) is 23.4 Å². The van der Waals surface area contributed by atoms with Crippen LogP contribution in [0, 0.1) is 12.7 Å². The van der Waals surface area contributed by atoms with Crippen LogP contribution in [0.1, 0.15) is 25.3 Å². The molecule has 202 valence electrons. The summed E-state index contributed by atoms with van der Waals surface area (Å²) in [6.45, 7) is 7.91. The second-order valence-electron chi connectivity index (χ2n) is 9.94. The van der Waals surface area contributed by atoms with Crippen LogP contribution in [0.2, 0.25) is 5.02 Å². The number of hydrogen-bond donors (Lipinski definition) is 1. The van der Waals surface area contributed by atoms with E-state index in [2.05, 4.69) is 31.3 Å². The number of sulfonamides is 1. The highest BCUT2D eigenvalue weighted by Gasteiger charge is 2.26. The van der Waals surface area contributed by atoms with Gasteiger partial charge in [0.05, 0.1) is 28.9 Å². The summed E-state index contributed by atoms with van der Waals surface area (Å²) in [4.78, 5) is 21.0. The van der Waals surface area contributed by atoms with Crippen molar-refractivity contribution in [3.63, 3.8) is 0 Å². The van der Waals surface area contributed by atoms with Crippen LogP contribution in [0.15, 0.2) is 36.5 Å². The first-order valence-electron chi connectivity index (χ1n) is 12.6. The maximum atomic E-state index is 13.8. The molecule has 9 nitrogen and oxygen atoms in total. The number of aryl methyl sites for hydroxylation is 1. The number of rotatable bonds is 6. The smallest absolute Gasteiger partial charge is 0.229 e. The molecule has 0 amide bonds. The van der Waals surface area contributed by atoms with Gasteiger partial charge in [-0.05, 0) is 56.5 Å². The van der Waals surface area contributed by atoms with E-state index >= 15 is 0 Å². The molecule has 1 N–H and O–H groups in total. The molecule has 3 aromatic rings. The van der Waals surface area contributed by atoms with Crippen molar-refractivity contribution in [2.45, 2.75) is 32.7 Å². The van der Waals surface area contributed by atoms with E-state index in [1.54, 1.807) is 24.4 Å². The summed E-state index contributed by atoms with van der Waals surface area (Å²) in [5, 5.41) is 0.0630. The highest BCUT2D eigenvalue weighted by Crippen LogP contribution is 2.31. The molecule has 5 rings (SSSR count). The first-order chi connectivity index (χ1) is 18.1. The van der Waals surface area contributed by atoms with Crippen LogP contribution >= 0.6 is 11.6 Å². The Bertz CT molecular complexity index is 1450. The lowest BCUT2D eigenvalue weighted by Crippen LogP contribution is -2.47. The number of nitrogens with zero attached hydrogens (tertiary/aromatic N) is 6. The number of nitrogens with one attached hydrogen (secondary N) is 1. The molecule has 0 saturated carbocycles. The van der Waals surface area contributed by atoms with Crippen molar-refractivity contribution in [2.75, 3.05) is 58.4 Å². The van der Waals surface area contributed by atoms with Crippen LogP contribution < -0.4 is 19.4 Å². The third kappa shape index (κ3) is 5.78. The number of hydrogen-bond acceptors (Lipinski definition) is 8. The maximum Gasteiger partial charge on any atom is 0.229 e. The summed E-state index contributed by atoms with van der Waals surface area (Å²) in [7, 11) is -3.36. The topological polar surface area (TPSA) is 94.6 Å². The van der Waals surface area contributed by atoms with E-state index in [4.69, 9.17) is 21.6 Å². The molecule has 1 aromatic carbocycles. The minimum atomic E-state index is -3.36. The van der Waals surface area contributed by atoms with Crippen molar-refractivity contribution in [1.82, 2.24) is 15.0 Å². The van der Waals surface area contributed by atoms with E-state index in [1.165, 1.54) is 6.07 Å². The first-order valence-corrected chi connectivity index (χ1v) is 14.9. The number of piperazine rings is 1. The highest BCUT2D eigenvalue weighted by molar-refractivity contribution is 7.92. The van der Waals surface area contributed by atoms with E-state index in [1.807, 2.05) is 13.0 Å². The van der Waals surface area contributed by atoms with Crippen LogP contribution in [0.3, 0.4) is 0 Å². The zero-order valence-corrected chi connectivity index (χ0v) is 23.2. The average Bonchev–Trinajstić information content (AvgIpc) is 3.30. The molecule has 0 aliphatic carbocycles. The second kappa shape index (κ2) is 10.5. The van der Waals surface area contributed by atoms with Gasteiger partial charge in [0.25, 0.3) is 0 Å². The summed E-state index contributed by atoms with van der Waals surface area (Å²) >= 11 is 6.09. The van der Waals surface area contributed by atoms with Gasteiger partial charge in [-0.25, -0.2) is 22.8 Å². The van der Waals surface area contributed by atoms with Gasteiger partial charge < -0.3 is 14.7 Å². The zero-order valence-electron chi connectivity index (χ0n) is 21.7. The Labute approximate surface area is 227 Å². The molecule has 38 heavy (non-hydrogen) atoms.